The smallest absolute Gasteiger partial charge is 0.206 e. The molecule has 2 aromatic carbocycles. The van der Waals surface area contributed by atoms with Crippen LogP contribution in [-0.4, -0.2) is 13.5 Å². The molecule has 94 valence electrons. The number of phenols is 1. The maximum atomic E-state index is 12.3. The quantitative estimate of drug-likeness (QED) is 0.921. The molecule has 0 bridgehead atoms. The molecule has 0 saturated heterocycles. The summed E-state index contributed by atoms with van der Waals surface area (Å²) in [4.78, 5) is 0.390. The van der Waals surface area contributed by atoms with Gasteiger partial charge in [0.15, 0.2) is 0 Å². The van der Waals surface area contributed by atoms with Crippen LogP contribution in [0.15, 0.2) is 56.7 Å². The molecule has 5 heteroatoms. The molecule has 3 nitrogen and oxygen atoms in total. The van der Waals surface area contributed by atoms with Crippen LogP contribution in [0, 0.1) is 6.92 Å². The maximum absolute atomic E-state index is 12.3. The molecule has 2 rings (SSSR count). The number of benzene rings is 2. The van der Waals surface area contributed by atoms with E-state index in [1.165, 1.54) is 18.2 Å². The fourth-order valence-electron chi connectivity index (χ4n) is 1.51. The van der Waals surface area contributed by atoms with Gasteiger partial charge in [-0.2, -0.15) is 0 Å². The number of phenolic OH excluding ortho intramolecular Hbond substituents is 1. The van der Waals surface area contributed by atoms with E-state index in [1.54, 1.807) is 24.3 Å². The van der Waals surface area contributed by atoms with Gasteiger partial charge in [0.25, 0.3) is 0 Å². The molecule has 0 aromatic heterocycles. The van der Waals surface area contributed by atoms with Crippen LogP contribution in [0.3, 0.4) is 0 Å². The van der Waals surface area contributed by atoms with Crippen molar-refractivity contribution in [3.05, 3.63) is 52.5 Å². The lowest BCUT2D eigenvalue weighted by Crippen LogP contribution is -2.01. The van der Waals surface area contributed by atoms with Crippen molar-refractivity contribution in [2.24, 2.45) is 0 Å². The monoisotopic (exact) mass is 326 g/mol. The van der Waals surface area contributed by atoms with Crippen LogP contribution < -0.4 is 0 Å². The fraction of sp³-hybridized carbons (Fsp3) is 0.0769. The first-order valence-corrected chi connectivity index (χ1v) is 7.49. The number of hydrogen-bond acceptors (Lipinski definition) is 3. The zero-order chi connectivity index (χ0) is 13.3. The molecule has 0 spiro atoms. The molecular formula is C13H11BrO3S. The van der Waals surface area contributed by atoms with E-state index in [9.17, 15) is 13.5 Å². The second-order valence-corrected chi connectivity index (χ2v) is 6.73. The number of aromatic hydroxyl groups is 1. The zero-order valence-corrected chi connectivity index (χ0v) is 12.0. The Bertz CT molecular complexity index is 676. The van der Waals surface area contributed by atoms with Gasteiger partial charge in [-0.15, -0.1) is 0 Å². The molecule has 0 fully saturated rings. The minimum atomic E-state index is -3.54. The van der Waals surface area contributed by atoms with Gasteiger partial charge in [-0.3, -0.25) is 0 Å². The van der Waals surface area contributed by atoms with Gasteiger partial charge in [0.1, 0.15) is 5.75 Å². The fourth-order valence-corrected chi connectivity index (χ4v) is 3.33. The molecular weight excluding hydrogens is 316 g/mol. The third-order valence-electron chi connectivity index (χ3n) is 2.56. The van der Waals surface area contributed by atoms with Crippen LogP contribution in [0.25, 0.3) is 0 Å². The molecule has 0 amide bonds. The molecule has 0 aliphatic carbocycles. The van der Waals surface area contributed by atoms with Crippen molar-refractivity contribution in [1.82, 2.24) is 0 Å². The molecule has 18 heavy (non-hydrogen) atoms. The van der Waals surface area contributed by atoms with Gasteiger partial charge in [-0.05, 0) is 53.2 Å². The van der Waals surface area contributed by atoms with E-state index in [1.807, 2.05) is 6.92 Å². The molecule has 0 aliphatic heterocycles. The lowest BCUT2D eigenvalue weighted by Gasteiger charge is -2.06. The Morgan fingerprint density at radius 3 is 2.11 bits per heavy atom. The molecule has 2 aromatic rings. The first kappa shape index (κ1) is 13.1. The molecule has 0 heterocycles. The van der Waals surface area contributed by atoms with Gasteiger partial charge in [0.05, 0.1) is 14.3 Å². The van der Waals surface area contributed by atoms with Gasteiger partial charge < -0.3 is 5.11 Å². The second-order valence-electron chi connectivity index (χ2n) is 3.93. The largest absolute Gasteiger partial charge is 0.507 e. The molecule has 0 radical (unpaired) electrons. The Labute approximate surface area is 114 Å². The zero-order valence-electron chi connectivity index (χ0n) is 9.59. The van der Waals surface area contributed by atoms with Gasteiger partial charge in [-0.25, -0.2) is 8.42 Å². The van der Waals surface area contributed by atoms with E-state index < -0.39 is 9.84 Å². The van der Waals surface area contributed by atoms with Crippen molar-refractivity contribution >= 4 is 25.8 Å². The number of sulfone groups is 1. The topological polar surface area (TPSA) is 54.4 Å². The third kappa shape index (κ3) is 2.42. The summed E-state index contributed by atoms with van der Waals surface area (Å²) in [6.07, 6.45) is 0. The lowest BCUT2D eigenvalue weighted by atomic mass is 10.2. The summed E-state index contributed by atoms with van der Waals surface area (Å²) in [6.45, 7) is 1.90. The third-order valence-corrected chi connectivity index (χ3v) is 4.96. The molecule has 0 saturated carbocycles. The van der Waals surface area contributed by atoms with E-state index >= 15 is 0 Å². The highest BCUT2D eigenvalue weighted by molar-refractivity contribution is 9.10. The van der Waals surface area contributed by atoms with Gasteiger partial charge in [-0.1, -0.05) is 17.7 Å². The van der Waals surface area contributed by atoms with Gasteiger partial charge in [0.2, 0.25) is 9.84 Å². The van der Waals surface area contributed by atoms with Crippen LogP contribution in [0.2, 0.25) is 0 Å². The summed E-state index contributed by atoms with van der Waals surface area (Å²) in [5.41, 5.74) is 1.00. The number of rotatable bonds is 2. The predicted molar refractivity (Wildman–Crippen MR) is 72.4 cm³/mol. The standard InChI is InChI=1S/C13H11BrO3S/c1-9-2-4-10(5-3-9)18(16,17)11-6-7-13(15)12(14)8-11/h2-8,15H,1H3. The van der Waals surface area contributed by atoms with Crippen LogP contribution in [0.1, 0.15) is 5.56 Å². The summed E-state index contributed by atoms with van der Waals surface area (Å²) < 4.78 is 25.0. The lowest BCUT2D eigenvalue weighted by molar-refractivity contribution is 0.471. The minimum Gasteiger partial charge on any atom is -0.507 e. The second kappa shape index (κ2) is 4.74. The van der Waals surface area contributed by atoms with Crippen molar-refractivity contribution in [3.63, 3.8) is 0 Å². The summed E-state index contributed by atoms with van der Waals surface area (Å²) in [5, 5.41) is 9.37. The number of aryl methyl sites for hydroxylation is 1. The van der Waals surface area contributed by atoms with Crippen molar-refractivity contribution in [1.29, 1.82) is 0 Å². The Balaban J connectivity index is 2.54. The first-order valence-electron chi connectivity index (χ1n) is 5.21. The van der Waals surface area contributed by atoms with Gasteiger partial charge >= 0.3 is 0 Å². The normalized spacial score (nSPS) is 11.4. The Morgan fingerprint density at radius 1 is 1.00 bits per heavy atom. The van der Waals surface area contributed by atoms with E-state index in [0.29, 0.717) is 4.47 Å². The average Bonchev–Trinajstić information content (AvgIpc) is 2.33. The molecule has 0 aliphatic rings. The number of halogens is 1. The Kier molecular flexibility index (Phi) is 3.45. The Hall–Kier alpha value is -1.33. The SMILES string of the molecule is Cc1ccc(S(=O)(=O)c2ccc(O)c(Br)c2)cc1. The van der Waals surface area contributed by atoms with Crippen LogP contribution in [-0.2, 0) is 9.84 Å². The average molecular weight is 327 g/mol. The minimum absolute atomic E-state index is 0.0119. The van der Waals surface area contributed by atoms with E-state index in [-0.39, 0.29) is 15.5 Å². The van der Waals surface area contributed by atoms with E-state index in [0.717, 1.165) is 5.56 Å². The predicted octanol–water partition coefficient (Wildman–Crippen LogP) is 3.30. The molecule has 0 atom stereocenters. The highest BCUT2D eigenvalue weighted by Crippen LogP contribution is 2.29. The summed E-state index contributed by atoms with van der Waals surface area (Å²) in [6, 6.07) is 10.8. The van der Waals surface area contributed by atoms with Gasteiger partial charge in [0, 0.05) is 0 Å². The maximum Gasteiger partial charge on any atom is 0.206 e. The van der Waals surface area contributed by atoms with Crippen LogP contribution >= 0.6 is 15.9 Å². The van der Waals surface area contributed by atoms with Crippen molar-refractivity contribution in [2.75, 3.05) is 0 Å². The van der Waals surface area contributed by atoms with Crippen LogP contribution in [0.4, 0.5) is 0 Å². The summed E-state index contributed by atoms with van der Waals surface area (Å²) in [7, 11) is -3.54. The van der Waals surface area contributed by atoms with E-state index in [2.05, 4.69) is 15.9 Å². The number of hydrogen-bond donors (Lipinski definition) is 1. The van der Waals surface area contributed by atoms with Crippen molar-refractivity contribution in [3.8, 4) is 5.75 Å². The Morgan fingerprint density at radius 2 is 1.56 bits per heavy atom. The summed E-state index contributed by atoms with van der Waals surface area (Å²) in [5.74, 6) is 0.0119. The van der Waals surface area contributed by atoms with E-state index in [4.69, 9.17) is 0 Å². The first-order chi connectivity index (χ1) is 8.41. The molecule has 1 N–H and O–H groups in total. The highest BCUT2D eigenvalue weighted by atomic mass is 79.9. The van der Waals surface area contributed by atoms with Crippen molar-refractivity contribution in [2.45, 2.75) is 16.7 Å². The molecule has 0 unspecified atom stereocenters. The van der Waals surface area contributed by atoms with Crippen molar-refractivity contribution < 1.29 is 13.5 Å². The highest BCUT2D eigenvalue weighted by Gasteiger charge is 2.18. The summed E-state index contributed by atoms with van der Waals surface area (Å²) >= 11 is 3.11. The van der Waals surface area contributed by atoms with Crippen LogP contribution in [0.5, 0.6) is 5.75 Å².